The second-order valence-electron chi connectivity index (χ2n) is 3.13. The Balaban J connectivity index is 2.76. The molecule has 0 spiro atoms. The number of rotatable bonds is 1. The number of hydrogen-bond acceptors (Lipinski definition) is 1. The minimum absolute atomic E-state index is 0.153. The molecule has 0 fully saturated rings. The zero-order chi connectivity index (χ0) is 11.0. The summed E-state index contributed by atoms with van der Waals surface area (Å²) in [6.07, 6.45) is 0. The maximum atomic E-state index is 13.1. The van der Waals surface area contributed by atoms with E-state index >= 15 is 0 Å². The number of carbonyl (C=O) groups is 1. The first-order valence-corrected chi connectivity index (χ1v) is 4.99. The Morgan fingerprint density at radius 2 is 2.00 bits per heavy atom. The van der Waals surface area contributed by atoms with Crippen LogP contribution < -0.4 is 0 Å². The van der Waals surface area contributed by atoms with Gasteiger partial charge in [0.2, 0.25) is 0 Å². The summed E-state index contributed by atoms with van der Waals surface area (Å²) >= 11 is 3.22. The van der Waals surface area contributed by atoms with Crippen LogP contribution in [0.5, 0.6) is 0 Å². The van der Waals surface area contributed by atoms with E-state index in [1.807, 2.05) is 0 Å². The zero-order valence-electron chi connectivity index (χ0n) is 7.50. The molecule has 4 heteroatoms. The largest absolute Gasteiger partial charge is 0.478 e. The van der Waals surface area contributed by atoms with Crippen LogP contribution in [0.2, 0.25) is 0 Å². The first kappa shape index (κ1) is 10.1. The third-order valence-corrected chi connectivity index (χ3v) is 2.77. The van der Waals surface area contributed by atoms with Crippen LogP contribution in [0.4, 0.5) is 4.39 Å². The third kappa shape index (κ3) is 1.85. The number of carboxylic acid groups (broad SMARTS) is 1. The second-order valence-corrected chi connectivity index (χ2v) is 3.98. The van der Waals surface area contributed by atoms with Gasteiger partial charge in [-0.2, -0.15) is 0 Å². The number of aromatic carboxylic acids is 1. The molecule has 2 aromatic carbocycles. The quantitative estimate of drug-likeness (QED) is 0.861. The van der Waals surface area contributed by atoms with E-state index in [-0.39, 0.29) is 5.56 Å². The fraction of sp³-hybridized carbons (Fsp3) is 0. The summed E-state index contributed by atoms with van der Waals surface area (Å²) in [6, 6.07) is 7.26. The number of halogens is 2. The predicted molar refractivity (Wildman–Crippen MR) is 58.6 cm³/mol. The predicted octanol–water partition coefficient (Wildman–Crippen LogP) is 3.44. The summed E-state index contributed by atoms with van der Waals surface area (Å²) in [5, 5.41) is 10.1. The molecule has 0 saturated heterocycles. The summed E-state index contributed by atoms with van der Waals surface area (Å²) in [6.45, 7) is 0. The first-order chi connectivity index (χ1) is 7.08. The van der Waals surface area contributed by atoms with Crippen molar-refractivity contribution in [1.29, 1.82) is 0 Å². The van der Waals surface area contributed by atoms with Gasteiger partial charge in [0.05, 0.1) is 5.56 Å². The standard InChI is InChI=1S/C11H6BrFO2/c12-10-5-8(13)4-7-3-6(11(14)15)1-2-9(7)10/h1-5H,(H,14,15). The lowest BCUT2D eigenvalue weighted by Crippen LogP contribution is -1.95. The van der Waals surface area contributed by atoms with Crippen molar-refractivity contribution in [3.8, 4) is 0 Å². The lowest BCUT2D eigenvalue weighted by atomic mass is 10.1. The molecule has 76 valence electrons. The Morgan fingerprint density at radius 1 is 1.27 bits per heavy atom. The van der Waals surface area contributed by atoms with Crippen molar-refractivity contribution in [2.45, 2.75) is 0 Å². The minimum Gasteiger partial charge on any atom is -0.478 e. The van der Waals surface area contributed by atoms with Crippen LogP contribution in [0.3, 0.4) is 0 Å². The molecular weight excluding hydrogens is 263 g/mol. The second kappa shape index (κ2) is 3.62. The maximum Gasteiger partial charge on any atom is 0.335 e. The van der Waals surface area contributed by atoms with E-state index in [1.165, 1.54) is 24.3 Å². The van der Waals surface area contributed by atoms with Gasteiger partial charge in [0.1, 0.15) is 5.82 Å². The number of carboxylic acids is 1. The molecule has 15 heavy (non-hydrogen) atoms. The van der Waals surface area contributed by atoms with Gasteiger partial charge in [-0.15, -0.1) is 0 Å². The Bertz CT molecular complexity index is 552. The lowest BCUT2D eigenvalue weighted by Gasteiger charge is -2.02. The van der Waals surface area contributed by atoms with E-state index in [2.05, 4.69) is 15.9 Å². The van der Waals surface area contributed by atoms with E-state index < -0.39 is 11.8 Å². The summed E-state index contributed by atoms with van der Waals surface area (Å²) in [5.41, 5.74) is 0.153. The van der Waals surface area contributed by atoms with Gasteiger partial charge in [0.25, 0.3) is 0 Å². The lowest BCUT2D eigenvalue weighted by molar-refractivity contribution is 0.0697. The first-order valence-electron chi connectivity index (χ1n) is 4.20. The minimum atomic E-state index is -1.02. The molecule has 2 rings (SSSR count). The molecule has 0 atom stereocenters. The van der Waals surface area contributed by atoms with Crippen LogP contribution in [0.25, 0.3) is 10.8 Å². The maximum absolute atomic E-state index is 13.1. The molecule has 0 aliphatic carbocycles. The van der Waals surface area contributed by atoms with Crippen LogP contribution in [0.15, 0.2) is 34.8 Å². The molecule has 0 bridgehead atoms. The molecule has 0 aliphatic heterocycles. The van der Waals surface area contributed by atoms with Crippen LogP contribution in [-0.2, 0) is 0 Å². The van der Waals surface area contributed by atoms with Crippen molar-refractivity contribution in [3.05, 3.63) is 46.2 Å². The topological polar surface area (TPSA) is 37.3 Å². The fourth-order valence-corrected chi connectivity index (χ4v) is 2.00. The highest BCUT2D eigenvalue weighted by atomic mass is 79.9. The summed E-state index contributed by atoms with van der Waals surface area (Å²) in [5.74, 6) is -1.41. The average Bonchev–Trinajstić information content (AvgIpc) is 2.16. The van der Waals surface area contributed by atoms with Gasteiger partial charge in [0.15, 0.2) is 0 Å². The van der Waals surface area contributed by atoms with Crippen LogP contribution in [0.1, 0.15) is 10.4 Å². The van der Waals surface area contributed by atoms with Crippen LogP contribution in [0, 0.1) is 5.82 Å². The Labute approximate surface area is 93.5 Å². The molecule has 0 amide bonds. The summed E-state index contributed by atoms with van der Waals surface area (Å²) in [4.78, 5) is 10.7. The normalized spacial score (nSPS) is 10.5. The molecule has 0 aromatic heterocycles. The van der Waals surface area contributed by atoms with Crippen LogP contribution in [-0.4, -0.2) is 11.1 Å². The highest BCUT2D eigenvalue weighted by Gasteiger charge is 2.06. The van der Waals surface area contributed by atoms with Gasteiger partial charge in [-0.05, 0) is 35.0 Å². The van der Waals surface area contributed by atoms with E-state index in [4.69, 9.17) is 5.11 Å². The number of hydrogen-bond donors (Lipinski definition) is 1. The average molecular weight is 269 g/mol. The van der Waals surface area contributed by atoms with Gasteiger partial charge in [0, 0.05) is 4.47 Å². The van der Waals surface area contributed by atoms with Gasteiger partial charge in [-0.3, -0.25) is 0 Å². The van der Waals surface area contributed by atoms with Gasteiger partial charge >= 0.3 is 5.97 Å². The molecule has 0 saturated carbocycles. The van der Waals surface area contributed by atoms with Gasteiger partial charge in [-0.25, -0.2) is 9.18 Å². The fourth-order valence-electron chi connectivity index (χ4n) is 1.42. The van der Waals surface area contributed by atoms with Crippen molar-refractivity contribution < 1.29 is 14.3 Å². The van der Waals surface area contributed by atoms with Crippen molar-refractivity contribution in [3.63, 3.8) is 0 Å². The molecule has 0 heterocycles. The molecule has 0 radical (unpaired) electrons. The Hall–Kier alpha value is -1.42. The van der Waals surface area contributed by atoms with E-state index in [0.717, 1.165) is 5.39 Å². The highest BCUT2D eigenvalue weighted by Crippen LogP contribution is 2.26. The van der Waals surface area contributed by atoms with Crippen LogP contribution >= 0.6 is 15.9 Å². The smallest absolute Gasteiger partial charge is 0.335 e. The Morgan fingerprint density at radius 3 is 2.67 bits per heavy atom. The molecule has 0 aliphatic rings. The highest BCUT2D eigenvalue weighted by molar-refractivity contribution is 9.10. The van der Waals surface area contributed by atoms with E-state index in [1.54, 1.807) is 6.07 Å². The number of benzene rings is 2. The summed E-state index contributed by atoms with van der Waals surface area (Å²) in [7, 11) is 0. The third-order valence-electron chi connectivity index (χ3n) is 2.11. The molecule has 0 unspecified atom stereocenters. The van der Waals surface area contributed by atoms with E-state index in [0.29, 0.717) is 9.86 Å². The van der Waals surface area contributed by atoms with Gasteiger partial charge in [-0.1, -0.05) is 22.0 Å². The van der Waals surface area contributed by atoms with Gasteiger partial charge < -0.3 is 5.11 Å². The molecule has 2 aromatic rings. The summed E-state index contributed by atoms with van der Waals surface area (Å²) < 4.78 is 13.7. The van der Waals surface area contributed by atoms with Crippen molar-refractivity contribution in [2.75, 3.05) is 0 Å². The monoisotopic (exact) mass is 268 g/mol. The number of fused-ring (bicyclic) bond motifs is 1. The van der Waals surface area contributed by atoms with Crippen molar-refractivity contribution >= 4 is 32.7 Å². The zero-order valence-corrected chi connectivity index (χ0v) is 9.08. The van der Waals surface area contributed by atoms with Crippen molar-refractivity contribution in [1.82, 2.24) is 0 Å². The molecular formula is C11H6BrFO2. The SMILES string of the molecule is O=C(O)c1ccc2c(Br)cc(F)cc2c1. The molecule has 2 nitrogen and oxygen atoms in total. The van der Waals surface area contributed by atoms with E-state index in [9.17, 15) is 9.18 Å². The Kier molecular flexibility index (Phi) is 2.44. The van der Waals surface area contributed by atoms with Crippen molar-refractivity contribution in [2.24, 2.45) is 0 Å². The molecule has 1 N–H and O–H groups in total.